The van der Waals surface area contributed by atoms with Crippen molar-refractivity contribution in [3.63, 3.8) is 0 Å². The third-order valence-electron chi connectivity index (χ3n) is 2.46. The highest BCUT2D eigenvalue weighted by Gasteiger charge is 1.99. The first-order chi connectivity index (χ1) is 8.65. The van der Waals surface area contributed by atoms with E-state index in [4.69, 9.17) is 4.74 Å². The highest BCUT2D eigenvalue weighted by Crippen LogP contribution is 2.13. The maximum Gasteiger partial charge on any atom is 0.190 e. The van der Waals surface area contributed by atoms with Crippen molar-refractivity contribution in [3.05, 3.63) is 29.8 Å². The summed E-state index contributed by atoms with van der Waals surface area (Å²) in [6.07, 6.45) is 1.18. The lowest BCUT2D eigenvalue weighted by molar-refractivity contribution is 0.242. The van der Waals surface area contributed by atoms with Gasteiger partial charge in [0.2, 0.25) is 0 Å². The monoisotopic (exact) mass is 377 g/mol. The van der Waals surface area contributed by atoms with Crippen molar-refractivity contribution in [2.45, 2.75) is 26.4 Å². The van der Waals surface area contributed by atoms with Crippen molar-refractivity contribution in [1.82, 2.24) is 10.6 Å². The molecule has 0 saturated carbocycles. The fraction of sp³-hybridized carbons (Fsp3) is 0.500. The first kappa shape index (κ1) is 18.0. The summed E-state index contributed by atoms with van der Waals surface area (Å²) in [5, 5.41) is 6.21. The van der Waals surface area contributed by atoms with Crippen molar-refractivity contribution in [2.24, 2.45) is 4.99 Å². The molecule has 0 atom stereocenters. The minimum atomic E-state index is 0. The zero-order chi connectivity index (χ0) is 13.4. The molecule has 1 aromatic carbocycles. The van der Waals surface area contributed by atoms with Gasteiger partial charge in [-0.25, -0.2) is 0 Å². The zero-order valence-electron chi connectivity index (χ0n) is 12.1. The maximum atomic E-state index is 5.60. The van der Waals surface area contributed by atoms with Crippen molar-refractivity contribution in [3.8, 4) is 5.75 Å². The fourth-order valence-corrected chi connectivity index (χ4v) is 1.61. The highest BCUT2D eigenvalue weighted by molar-refractivity contribution is 14.0. The Bertz CT molecular complexity index is 377. The van der Waals surface area contributed by atoms with Gasteiger partial charge in [-0.15, -0.1) is 24.0 Å². The molecule has 2 N–H and O–H groups in total. The van der Waals surface area contributed by atoms with Crippen LogP contribution in [-0.2, 0) is 6.42 Å². The standard InChI is InChI=1S/C14H23N3O.HI/c1-11(2)18-13-7-5-12(6-8-13)9-10-17-14(15-3)16-4;/h5-8,11H,9-10H2,1-4H3,(H2,15,16,17);1H. The van der Waals surface area contributed by atoms with Crippen LogP contribution in [0.3, 0.4) is 0 Å². The van der Waals surface area contributed by atoms with Crippen LogP contribution in [0.5, 0.6) is 5.75 Å². The van der Waals surface area contributed by atoms with E-state index in [1.165, 1.54) is 5.56 Å². The fourth-order valence-electron chi connectivity index (χ4n) is 1.61. The van der Waals surface area contributed by atoms with Gasteiger partial charge < -0.3 is 15.4 Å². The Labute approximate surface area is 133 Å². The second-order valence-corrected chi connectivity index (χ2v) is 4.31. The first-order valence-corrected chi connectivity index (χ1v) is 6.29. The molecule has 0 aliphatic heterocycles. The summed E-state index contributed by atoms with van der Waals surface area (Å²) in [5.41, 5.74) is 1.28. The van der Waals surface area contributed by atoms with E-state index in [0.717, 1.165) is 24.7 Å². The number of halogens is 1. The molecule has 0 aromatic heterocycles. The molecule has 1 rings (SSSR count). The van der Waals surface area contributed by atoms with E-state index >= 15 is 0 Å². The smallest absolute Gasteiger partial charge is 0.190 e. The molecule has 0 aliphatic carbocycles. The SMILES string of the molecule is CN=C(NC)NCCc1ccc(OC(C)C)cc1.I. The molecule has 1 aromatic rings. The van der Waals surface area contributed by atoms with Crippen LogP contribution in [-0.4, -0.2) is 32.7 Å². The normalized spacial score (nSPS) is 10.9. The van der Waals surface area contributed by atoms with Crippen LogP contribution in [0.2, 0.25) is 0 Å². The van der Waals surface area contributed by atoms with Gasteiger partial charge >= 0.3 is 0 Å². The van der Waals surface area contributed by atoms with Gasteiger partial charge in [0, 0.05) is 20.6 Å². The Balaban J connectivity index is 0.00000324. The minimum absolute atomic E-state index is 0. The molecule has 0 aliphatic rings. The topological polar surface area (TPSA) is 45.7 Å². The second-order valence-electron chi connectivity index (χ2n) is 4.31. The van der Waals surface area contributed by atoms with Crippen molar-refractivity contribution < 1.29 is 4.74 Å². The molecule has 0 heterocycles. The average Bonchev–Trinajstić information content (AvgIpc) is 2.36. The Morgan fingerprint density at radius 3 is 2.37 bits per heavy atom. The molecule has 0 radical (unpaired) electrons. The molecule has 0 saturated heterocycles. The quantitative estimate of drug-likeness (QED) is 0.471. The summed E-state index contributed by atoms with van der Waals surface area (Å²) in [6.45, 7) is 4.92. The maximum absolute atomic E-state index is 5.60. The van der Waals surface area contributed by atoms with Gasteiger partial charge in [0.25, 0.3) is 0 Å². The number of hydrogen-bond donors (Lipinski definition) is 2. The molecule has 0 unspecified atom stereocenters. The predicted molar refractivity (Wildman–Crippen MR) is 91.7 cm³/mol. The third-order valence-corrected chi connectivity index (χ3v) is 2.46. The minimum Gasteiger partial charge on any atom is -0.491 e. The first-order valence-electron chi connectivity index (χ1n) is 6.29. The predicted octanol–water partition coefficient (Wildman–Crippen LogP) is 2.43. The largest absolute Gasteiger partial charge is 0.491 e. The molecular formula is C14H24IN3O. The van der Waals surface area contributed by atoms with Crippen LogP contribution in [0, 0.1) is 0 Å². The van der Waals surface area contributed by atoms with E-state index in [0.29, 0.717) is 0 Å². The lowest BCUT2D eigenvalue weighted by Crippen LogP contribution is -2.35. The number of hydrogen-bond acceptors (Lipinski definition) is 2. The molecule has 19 heavy (non-hydrogen) atoms. The van der Waals surface area contributed by atoms with Gasteiger partial charge in [0.1, 0.15) is 5.75 Å². The Kier molecular flexibility index (Phi) is 9.38. The van der Waals surface area contributed by atoms with Crippen LogP contribution in [0.25, 0.3) is 0 Å². The van der Waals surface area contributed by atoms with E-state index in [2.05, 4.69) is 27.8 Å². The number of guanidine groups is 1. The van der Waals surface area contributed by atoms with Crippen LogP contribution in [0.15, 0.2) is 29.3 Å². The molecule has 0 fully saturated rings. The average molecular weight is 377 g/mol. The number of nitrogens with one attached hydrogen (secondary N) is 2. The molecular weight excluding hydrogens is 353 g/mol. The second kappa shape index (κ2) is 9.89. The van der Waals surface area contributed by atoms with Crippen molar-refractivity contribution in [2.75, 3.05) is 20.6 Å². The molecule has 4 nitrogen and oxygen atoms in total. The van der Waals surface area contributed by atoms with E-state index in [-0.39, 0.29) is 30.1 Å². The molecule has 0 amide bonds. The van der Waals surface area contributed by atoms with Crippen LogP contribution < -0.4 is 15.4 Å². The molecule has 0 bridgehead atoms. The van der Waals surface area contributed by atoms with Gasteiger partial charge in [-0.1, -0.05) is 12.1 Å². The highest BCUT2D eigenvalue weighted by atomic mass is 127. The van der Waals surface area contributed by atoms with Crippen molar-refractivity contribution in [1.29, 1.82) is 0 Å². The Morgan fingerprint density at radius 2 is 1.89 bits per heavy atom. The number of rotatable bonds is 5. The number of aliphatic imine (C=N–C) groups is 1. The summed E-state index contributed by atoms with van der Waals surface area (Å²) in [4.78, 5) is 4.06. The number of nitrogens with zero attached hydrogens (tertiary/aromatic N) is 1. The number of ether oxygens (including phenoxy) is 1. The van der Waals surface area contributed by atoms with Crippen LogP contribution in [0.1, 0.15) is 19.4 Å². The van der Waals surface area contributed by atoms with E-state index in [1.54, 1.807) is 7.05 Å². The van der Waals surface area contributed by atoms with Crippen molar-refractivity contribution >= 4 is 29.9 Å². The zero-order valence-corrected chi connectivity index (χ0v) is 14.4. The summed E-state index contributed by atoms with van der Waals surface area (Å²) >= 11 is 0. The summed E-state index contributed by atoms with van der Waals surface area (Å²) in [7, 11) is 3.62. The third kappa shape index (κ3) is 7.25. The van der Waals surface area contributed by atoms with Gasteiger partial charge in [-0.2, -0.15) is 0 Å². The van der Waals surface area contributed by atoms with Crippen LogP contribution >= 0.6 is 24.0 Å². The molecule has 108 valence electrons. The summed E-state index contributed by atoms with van der Waals surface area (Å²) < 4.78 is 5.60. The molecule has 5 heteroatoms. The van der Waals surface area contributed by atoms with Gasteiger partial charge in [-0.05, 0) is 38.0 Å². The lowest BCUT2D eigenvalue weighted by atomic mass is 10.1. The van der Waals surface area contributed by atoms with Gasteiger partial charge in [-0.3, -0.25) is 4.99 Å². The Morgan fingerprint density at radius 1 is 1.26 bits per heavy atom. The lowest BCUT2D eigenvalue weighted by Gasteiger charge is -2.11. The van der Waals surface area contributed by atoms with Gasteiger partial charge in [0.15, 0.2) is 5.96 Å². The van der Waals surface area contributed by atoms with Crippen LogP contribution in [0.4, 0.5) is 0 Å². The van der Waals surface area contributed by atoms with Gasteiger partial charge in [0.05, 0.1) is 6.10 Å². The Hall–Kier alpha value is -0.980. The van der Waals surface area contributed by atoms with E-state index < -0.39 is 0 Å². The van der Waals surface area contributed by atoms with E-state index in [1.807, 2.05) is 33.0 Å². The summed E-state index contributed by atoms with van der Waals surface area (Å²) in [6, 6.07) is 8.23. The number of benzene rings is 1. The summed E-state index contributed by atoms with van der Waals surface area (Å²) in [5.74, 6) is 1.74. The van der Waals surface area contributed by atoms with E-state index in [9.17, 15) is 0 Å². The molecule has 0 spiro atoms.